The van der Waals surface area contributed by atoms with E-state index in [1.54, 1.807) is 44.2 Å². The Morgan fingerprint density at radius 3 is 2.68 bits per heavy atom. The van der Waals surface area contributed by atoms with Crippen LogP contribution in [0.3, 0.4) is 0 Å². The third kappa shape index (κ3) is 4.13. The predicted molar refractivity (Wildman–Crippen MR) is 110 cm³/mol. The average molecular weight is 424 g/mol. The van der Waals surface area contributed by atoms with Crippen LogP contribution in [0.4, 0.5) is 19.3 Å². The lowest BCUT2D eigenvalue weighted by atomic mass is 10.1. The summed E-state index contributed by atoms with van der Waals surface area (Å²) in [6.45, 7) is 3.98. The molecule has 0 spiro atoms. The van der Waals surface area contributed by atoms with Crippen LogP contribution in [0.5, 0.6) is 11.5 Å². The number of para-hydroxylation sites is 1. The van der Waals surface area contributed by atoms with Gasteiger partial charge in [-0.1, -0.05) is 12.1 Å². The van der Waals surface area contributed by atoms with Gasteiger partial charge in [-0.05, 0) is 44.2 Å². The molecule has 2 N–H and O–H groups in total. The minimum atomic E-state index is -0.827. The average Bonchev–Trinajstić information content (AvgIpc) is 3.12. The molecule has 10 heteroatoms. The number of nitrogens with zero attached hydrogens (tertiary/aromatic N) is 4. The van der Waals surface area contributed by atoms with E-state index in [0.717, 1.165) is 12.1 Å². The maximum atomic E-state index is 14.1. The Morgan fingerprint density at radius 2 is 1.90 bits per heavy atom. The minimum Gasteiger partial charge on any atom is -0.454 e. The molecule has 0 radical (unpaired) electrons. The topological polar surface area (TPSA) is 93.4 Å². The number of hydrogen-bond acceptors (Lipinski definition) is 5. The van der Waals surface area contributed by atoms with Crippen molar-refractivity contribution in [1.29, 1.82) is 0 Å². The van der Waals surface area contributed by atoms with Crippen LogP contribution in [-0.2, 0) is 0 Å². The number of ether oxygens (including phenoxy) is 1. The van der Waals surface area contributed by atoms with Gasteiger partial charge in [0.1, 0.15) is 11.6 Å². The lowest BCUT2D eigenvalue weighted by Gasteiger charge is -2.13. The number of amides is 2. The molecule has 0 atom stereocenters. The van der Waals surface area contributed by atoms with Gasteiger partial charge in [0.05, 0.1) is 11.4 Å². The van der Waals surface area contributed by atoms with Crippen LogP contribution in [0.15, 0.2) is 48.5 Å². The highest BCUT2D eigenvalue weighted by atomic mass is 19.1. The smallest absolute Gasteiger partial charge is 0.319 e. The van der Waals surface area contributed by atoms with Crippen LogP contribution >= 0.6 is 0 Å². The van der Waals surface area contributed by atoms with Gasteiger partial charge in [-0.15, -0.1) is 10.2 Å². The molecule has 0 saturated heterocycles. The molecular weight excluding hydrogens is 406 g/mol. The van der Waals surface area contributed by atoms with E-state index < -0.39 is 17.7 Å². The highest BCUT2D eigenvalue weighted by molar-refractivity contribution is 5.94. The zero-order valence-electron chi connectivity index (χ0n) is 16.7. The molecule has 31 heavy (non-hydrogen) atoms. The number of rotatable bonds is 5. The van der Waals surface area contributed by atoms with E-state index in [1.807, 2.05) is 0 Å². The summed E-state index contributed by atoms with van der Waals surface area (Å²) < 4.78 is 34.5. The quantitative estimate of drug-likeness (QED) is 0.498. The first-order chi connectivity index (χ1) is 15.0. The number of benzene rings is 2. The second-order valence-electron chi connectivity index (χ2n) is 6.58. The minimum absolute atomic E-state index is 0.129. The summed E-state index contributed by atoms with van der Waals surface area (Å²) in [5.41, 5.74) is 1.72. The van der Waals surface area contributed by atoms with E-state index >= 15 is 0 Å². The Labute approximate surface area is 175 Å². The Morgan fingerprint density at radius 1 is 1.10 bits per heavy atom. The monoisotopic (exact) mass is 424 g/mol. The van der Waals surface area contributed by atoms with Crippen molar-refractivity contribution in [2.75, 3.05) is 11.9 Å². The molecule has 4 aromatic rings. The number of carbonyl (C=O) groups is 1. The fraction of sp³-hybridized carbons (Fsp3) is 0.143. The zero-order valence-corrected chi connectivity index (χ0v) is 16.7. The number of halogens is 2. The molecule has 2 aromatic carbocycles. The number of carbonyl (C=O) groups excluding carboxylic acids is 1. The van der Waals surface area contributed by atoms with Crippen molar-refractivity contribution in [2.45, 2.75) is 13.8 Å². The Hall–Kier alpha value is -4.08. The molecule has 2 heterocycles. The lowest BCUT2D eigenvalue weighted by molar-refractivity contribution is 0.252. The first-order valence-electron chi connectivity index (χ1n) is 9.46. The van der Waals surface area contributed by atoms with Crippen molar-refractivity contribution in [1.82, 2.24) is 25.1 Å². The fourth-order valence-electron chi connectivity index (χ4n) is 2.98. The summed E-state index contributed by atoms with van der Waals surface area (Å²) in [6.07, 6.45) is 0. The van der Waals surface area contributed by atoms with E-state index in [4.69, 9.17) is 4.74 Å². The summed E-state index contributed by atoms with van der Waals surface area (Å²) in [5, 5.41) is 18.0. The summed E-state index contributed by atoms with van der Waals surface area (Å²) in [4.78, 5) is 12.1. The first-order valence-corrected chi connectivity index (χ1v) is 9.46. The van der Waals surface area contributed by atoms with Gasteiger partial charge < -0.3 is 15.4 Å². The van der Waals surface area contributed by atoms with Crippen LogP contribution in [0, 0.1) is 18.6 Å². The second kappa shape index (κ2) is 8.34. The number of hydrogen-bond donors (Lipinski definition) is 2. The van der Waals surface area contributed by atoms with Gasteiger partial charge in [0.15, 0.2) is 17.4 Å². The molecule has 2 aromatic heterocycles. The van der Waals surface area contributed by atoms with Crippen molar-refractivity contribution < 1.29 is 18.3 Å². The number of anilines is 1. The van der Waals surface area contributed by atoms with Crippen LogP contribution < -0.4 is 15.4 Å². The SMILES string of the molecule is CCNC(=O)Nc1cc(-c2ccccc2Oc2ccc(F)cc2F)nn2c(C)nnc12. The number of aryl methyl sites for hydroxylation is 1. The number of nitrogens with one attached hydrogen (secondary N) is 2. The van der Waals surface area contributed by atoms with Gasteiger partial charge in [-0.3, -0.25) is 0 Å². The number of fused-ring (bicyclic) bond motifs is 1. The van der Waals surface area contributed by atoms with E-state index in [0.29, 0.717) is 40.7 Å². The maximum absolute atomic E-state index is 14.1. The van der Waals surface area contributed by atoms with E-state index in [9.17, 15) is 13.6 Å². The van der Waals surface area contributed by atoms with Crippen LogP contribution in [-0.4, -0.2) is 32.4 Å². The Kier molecular flexibility index (Phi) is 5.44. The van der Waals surface area contributed by atoms with Crippen molar-refractivity contribution in [2.24, 2.45) is 0 Å². The largest absolute Gasteiger partial charge is 0.454 e. The maximum Gasteiger partial charge on any atom is 0.319 e. The number of urea groups is 1. The molecule has 8 nitrogen and oxygen atoms in total. The van der Waals surface area contributed by atoms with Crippen LogP contribution in [0.1, 0.15) is 12.7 Å². The van der Waals surface area contributed by atoms with Crippen LogP contribution in [0.2, 0.25) is 0 Å². The van der Waals surface area contributed by atoms with Gasteiger partial charge in [0.2, 0.25) is 5.65 Å². The van der Waals surface area contributed by atoms with Gasteiger partial charge in [0, 0.05) is 18.2 Å². The van der Waals surface area contributed by atoms with Crippen LogP contribution in [0.25, 0.3) is 16.9 Å². The number of aromatic nitrogens is 4. The molecule has 0 unspecified atom stereocenters. The highest BCUT2D eigenvalue weighted by Crippen LogP contribution is 2.35. The normalized spacial score (nSPS) is 10.8. The standard InChI is InChI=1S/C21H18F2N6O2/c1-3-24-21(30)25-17-11-16(28-29-12(2)26-27-20(17)29)14-6-4-5-7-18(14)31-19-9-8-13(22)10-15(19)23/h4-11H,3H2,1-2H3,(H2,24,25,30). The van der Waals surface area contributed by atoms with Gasteiger partial charge in [-0.25, -0.2) is 13.6 Å². The molecule has 0 aliphatic heterocycles. The molecular formula is C21H18F2N6O2. The third-order valence-corrected chi connectivity index (χ3v) is 4.39. The van der Waals surface area contributed by atoms with Crippen molar-refractivity contribution in [3.05, 3.63) is 66.0 Å². The van der Waals surface area contributed by atoms with Gasteiger partial charge in [0.25, 0.3) is 0 Å². The molecule has 2 amide bonds. The van der Waals surface area contributed by atoms with E-state index in [2.05, 4.69) is 25.9 Å². The van der Waals surface area contributed by atoms with E-state index in [-0.39, 0.29) is 5.75 Å². The summed E-state index contributed by atoms with van der Waals surface area (Å²) in [5.74, 6) is -0.842. The van der Waals surface area contributed by atoms with Crippen molar-refractivity contribution in [3.8, 4) is 22.8 Å². The molecule has 0 fully saturated rings. The Bertz CT molecular complexity index is 1270. The predicted octanol–water partition coefficient (Wildman–Crippen LogP) is 4.31. The molecule has 0 aliphatic carbocycles. The van der Waals surface area contributed by atoms with Gasteiger partial charge in [-0.2, -0.15) is 9.61 Å². The van der Waals surface area contributed by atoms with E-state index in [1.165, 1.54) is 10.6 Å². The zero-order chi connectivity index (χ0) is 22.0. The third-order valence-electron chi connectivity index (χ3n) is 4.39. The summed E-state index contributed by atoms with van der Waals surface area (Å²) >= 11 is 0. The van der Waals surface area contributed by atoms with Crippen molar-refractivity contribution >= 4 is 17.4 Å². The highest BCUT2D eigenvalue weighted by Gasteiger charge is 2.17. The molecule has 158 valence electrons. The summed E-state index contributed by atoms with van der Waals surface area (Å²) in [6, 6.07) is 11.2. The lowest BCUT2D eigenvalue weighted by Crippen LogP contribution is -2.28. The molecule has 0 bridgehead atoms. The Balaban J connectivity index is 1.80. The first kappa shape index (κ1) is 20.2. The van der Waals surface area contributed by atoms with Crippen molar-refractivity contribution in [3.63, 3.8) is 0 Å². The molecule has 4 rings (SSSR count). The second-order valence-corrected chi connectivity index (χ2v) is 6.58. The fourth-order valence-corrected chi connectivity index (χ4v) is 2.98. The summed E-state index contributed by atoms with van der Waals surface area (Å²) in [7, 11) is 0. The molecule has 0 saturated carbocycles. The van der Waals surface area contributed by atoms with Gasteiger partial charge >= 0.3 is 6.03 Å². The molecule has 0 aliphatic rings.